The highest BCUT2D eigenvalue weighted by Gasteiger charge is 2.20. The zero-order valence-corrected chi connectivity index (χ0v) is 15.1. The van der Waals surface area contributed by atoms with Crippen molar-refractivity contribution in [2.75, 3.05) is 10.0 Å². The average molecular weight is 382 g/mol. The SMILES string of the molecule is O=C(O)C(Nc1cccc(NS(=O)(=O)c2ccccc2)c1)c1ccccc1. The number of anilines is 2. The molecule has 27 heavy (non-hydrogen) atoms. The quantitative estimate of drug-likeness (QED) is 0.579. The summed E-state index contributed by atoms with van der Waals surface area (Å²) in [7, 11) is -3.72. The Bertz CT molecular complexity index is 1020. The first kappa shape index (κ1) is 18.5. The lowest BCUT2D eigenvalue weighted by Crippen LogP contribution is -2.20. The van der Waals surface area contributed by atoms with Crippen molar-refractivity contribution in [2.24, 2.45) is 0 Å². The maximum Gasteiger partial charge on any atom is 0.330 e. The van der Waals surface area contributed by atoms with E-state index in [4.69, 9.17) is 0 Å². The number of rotatable bonds is 7. The summed E-state index contributed by atoms with van der Waals surface area (Å²) >= 11 is 0. The predicted octanol–water partition coefficient (Wildman–Crippen LogP) is 3.73. The predicted molar refractivity (Wildman–Crippen MR) is 104 cm³/mol. The Kier molecular flexibility index (Phi) is 5.42. The molecule has 0 amide bonds. The molecule has 7 heteroatoms. The highest BCUT2D eigenvalue weighted by atomic mass is 32.2. The lowest BCUT2D eigenvalue weighted by molar-refractivity contribution is -0.138. The molecule has 0 saturated carbocycles. The summed E-state index contributed by atoms with van der Waals surface area (Å²) in [6.07, 6.45) is 0. The summed E-state index contributed by atoms with van der Waals surface area (Å²) in [5.74, 6) is -1.03. The van der Waals surface area contributed by atoms with Gasteiger partial charge in [-0.1, -0.05) is 54.6 Å². The van der Waals surface area contributed by atoms with Crippen LogP contribution in [0.3, 0.4) is 0 Å². The highest BCUT2D eigenvalue weighted by molar-refractivity contribution is 7.92. The van der Waals surface area contributed by atoms with Crippen LogP contribution >= 0.6 is 0 Å². The van der Waals surface area contributed by atoms with Gasteiger partial charge in [-0.25, -0.2) is 13.2 Å². The standard InChI is InChI=1S/C20H18N2O4S/c23-20(24)19(15-8-3-1-4-9-15)21-16-10-7-11-17(14-16)22-27(25,26)18-12-5-2-6-13-18/h1-14,19,21-22H,(H,23,24). The molecule has 3 N–H and O–H groups in total. The van der Waals surface area contributed by atoms with E-state index < -0.39 is 22.0 Å². The van der Waals surface area contributed by atoms with Gasteiger partial charge in [0.2, 0.25) is 0 Å². The fourth-order valence-corrected chi connectivity index (χ4v) is 3.66. The van der Waals surface area contributed by atoms with E-state index in [-0.39, 0.29) is 4.90 Å². The minimum absolute atomic E-state index is 0.149. The Labute approximate surface area is 157 Å². The third-order valence-electron chi connectivity index (χ3n) is 3.86. The van der Waals surface area contributed by atoms with E-state index in [0.717, 1.165) is 0 Å². The fraction of sp³-hybridized carbons (Fsp3) is 0.0500. The number of hydrogen-bond donors (Lipinski definition) is 3. The molecular formula is C20H18N2O4S. The van der Waals surface area contributed by atoms with Crippen LogP contribution < -0.4 is 10.0 Å². The molecular weight excluding hydrogens is 364 g/mol. The Hall–Kier alpha value is -3.32. The van der Waals surface area contributed by atoms with E-state index in [1.807, 2.05) is 0 Å². The summed E-state index contributed by atoms with van der Waals surface area (Å²) in [6, 6.07) is 22.3. The van der Waals surface area contributed by atoms with Gasteiger partial charge < -0.3 is 10.4 Å². The van der Waals surface area contributed by atoms with Gasteiger partial charge in [-0.2, -0.15) is 0 Å². The maximum atomic E-state index is 12.4. The summed E-state index contributed by atoms with van der Waals surface area (Å²) in [4.78, 5) is 11.8. The molecule has 0 heterocycles. The number of aliphatic carboxylic acids is 1. The first-order chi connectivity index (χ1) is 13.0. The second-order valence-electron chi connectivity index (χ2n) is 5.83. The van der Waals surface area contributed by atoms with Crippen molar-refractivity contribution in [3.63, 3.8) is 0 Å². The van der Waals surface area contributed by atoms with Gasteiger partial charge in [-0.05, 0) is 35.9 Å². The highest BCUT2D eigenvalue weighted by Crippen LogP contribution is 2.24. The third-order valence-corrected chi connectivity index (χ3v) is 5.26. The lowest BCUT2D eigenvalue weighted by atomic mass is 10.1. The van der Waals surface area contributed by atoms with Crippen molar-refractivity contribution >= 4 is 27.4 Å². The van der Waals surface area contributed by atoms with Crippen LogP contribution in [0.4, 0.5) is 11.4 Å². The number of benzene rings is 3. The molecule has 3 aromatic carbocycles. The Balaban J connectivity index is 1.82. The second-order valence-corrected chi connectivity index (χ2v) is 7.51. The normalized spacial score (nSPS) is 12.1. The van der Waals surface area contributed by atoms with E-state index >= 15 is 0 Å². The number of carbonyl (C=O) groups is 1. The van der Waals surface area contributed by atoms with E-state index in [2.05, 4.69) is 10.0 Å². The van der Waals surface area contributed by atoms with Gasteiger partial charge >= 0.3 is 5.97 Å². The lowest BCUT2D eigenvalue weighted by Gasteiger charge is -2.17. The van der Waals surface area contributed by atoms with Gasteiger partial charge in [0.25, 0.3) is 10.0 Å². The van der Waals surface area contributed by atoms with Crippen molar-refractivity contribution in [1.29, 1.82) is 0 Å². The summed E-state index contributed by atoms with van der Waals surface area (Å²) in [5, 5.41) is 12.4. The molecule has 1 unspecified atom stereocenters. The molecule has 6 nitrogen and oxygen atoms in total. The summed E-state index contributed by atoms with van der Waals surface area (Å²) in [5.41, 5.74) is 1.42. The van der Waals surface area contributed by atoms with E-state index in [1.165, 1.54) is 12.1 Å². The number of nitrogens with one attached hydrogen (secondary N) is 2. The molecule has 0 aliphatic heterocycles. The van der Waals surface area contributed by atoms with Crippen molar-refractivity contribution in [3.8, 4) is 0 Å². The molecule has 0 bridgehead atoms. The first-order valence-corrected chi connectivity index (χ1v) is 9.66. The van der Waals surface area contributed by atoms with Gasteiger partial charge in [0.05, 0.1) is 10.6 Å². The average Bonchev–Trinajstić information content (AvgIpc) is 2.67. The van der Waals surface area contributed by atoms with Crippen LogP contribution in [0.1, 0.15) is 11.6 Å². The van der Waals surface area contributed by atoms with Gasteiger partial charge in [0.1, 0.15) is 0 Å². The number of sulfonamides is 1. The van der Waals surface area contributed by atoms with Crippen LogP contribution in [0, 0.1) is 0 Å². The third kappa shape index (κ3) is 4.65. The first-order valence-electron chi connectivity index (χ1n) is 8.18. The van der Waals surface area contributed by atoms with Crippen LogP contribution in [0.25, 0.3) is 0 Å². The number of carboxylic acids is 1. The maximum absolute atomic E-state index is 12.4. The monoisotopic (exact) mass is 382 g/mol. The topological polar surface area (TPSA) is 95.5 Å². The van der Waals surface area contributed by atoms with Crippen molar-refractivity contribution in [1.82, 2.24) is 0 Å². The van der Waals surface area contributed by atoms with Gasteiger partial charge in [0.15, 0.2) is 6.04 Å². The fourth-order valence-electron chi connectivity index (χ4n) is 2.59. The largest absolute Gasteiger partial charge is 0.479 e. The molecule has 0 spiro atoms. The van der Waals surface area contributed by atoms with Crippen molar-refractivity contribution in [3.05, 3.63) is 90.5 Å². The molecule has 0 aliphatic carbocycles. The molecule has 138 valence electrons. The zero-order valence-electron chi connectivity index (χ0n) is 14.2. The second kappa shape index (κ2) is 7.92. The van der Waals surface area contributed by atoms with Crippen LogP contribution in [0.5, 0.6) is 0 Å². The smallest absolute Gasteiger partial charge is 0.330 e. The number of hydrogen-bond acceptors (Lipinski definition) is 4. The molecule has 0 fully saturated rings. The molecule has 0 saturated heterocycles. The van der Waals surface area contributed by atoms with Crippen molar-refractivity contribution in [2.45, 2.75) is 10.9 Å². The van der Waals surface area contributed by atoms with Crippen LogP contribution in [0.15, 0.2) is 89.8 Å². The number of carboxylic acid groups (broad SMARTS) is 1. The van der Waals surface area contributed by atoms with Crippen LogP contribution in [-0.2, 0) is 14.8 Å². The summed E-state index contributed by atoms with van der Waals surface area (Å²) in [6.45, 7) is 0. The molecule has 3 rings (SSSR count). The Morgan fingerprint density at radius 2 is 1.41 bits per heavy atom. The van der Waals surface area contributed by atoms with Crippen LogP contribution in [-0.4, -0.2) is 19.5 Å². The Morgan fingerprint density at radius 1 is 0.815 bits per heavy atom. The van der Waals surface area contributed by atoms with Crippen molar-refractivity contribution < 1.29 is 18.3 Å². The van der Waals surface area contributed by atoms with E-state index in [9.17, 15) is 18.3 Å². The molecule has 3 aromatic rings. The van der Waals surface area contributed by atoms with Gasteiger partial charge in [-0.15, -0.1) is 0 Å². The van der Waals surface area contributed by atoms with E-state index in [1.54, 1.807) is 72.8 Å². The van der Waals surface area contributed by atoms with E-state index in [0.29, 0.717) is 16.9 Å². The Morgan fingerprint density at radius 3 is 2.04 bits per heavy atom. The molecule has 0 radical (unpaired) electrons. The summed E-state index contributed by atoms with van der Waals surface area (Å²) < 4.78 is 27.4. The minimum atomic E-state index is -3.72. The van der Waals surface area contributed by atoms with Gasteiger partial charge in [-0.3, -0.25) is 4.72 Å². The molecule has 1 atom stereocenters. The molecule has 0 aliphatic rings. The molecule has 0 aromatic heterocycles. The van der Waals surface area contributed by atoms with Gasteiger partial charge in [0, 0.05) is 5.69 Å². The minimum Gasteiger partial charge on any atom is -0.479 e. The zero-order chi connectivity index (χ0) is 19.3. The van der Waals surface area contributed by atoms with Crippen LogP contribution in [0.2, 0.25) is 0 Å².